The summed E-state index contributed by atoms with van der Waals surface area (Å²) < 4.78 is 1.88. The van der Waals surface area contributed by atoms with Gasteiger partial charge in [0.25, 0.3) is 5.91 Å². The van der Waals surface area contributed by atoms with Crippen LogP contribution in [0.4, 0.5) is 0 Å². The van der Waals surface area contributed by atoms with E-state index in [2.05, 4.69) is 59.3 Å². The molecule has 0 aliphatic heterocycles. The smallest absolute Gasteiger partial charge is 0.253 e. The highest BCUT2D eigenvalue weighted by Gasteiger charge is 2.13. The third-order valence-corrected chi connectivity index (χ3v) is 6.17. The molecule has 0 fully saturated rings. The van der Waals surface area contributed by atoms with Crippen LogP contribution in [0, 0.1) is 0 Å². The maximum absolute atomic E-state index is 12.5. The Labute approximate surface area is 161 Å². The molecule has 0 saturated heterocycles. The zero-order valence-corrected chi connectivity index (χ0v) is 16.4. The third kappa shape index (κ3) is 3.12. The predicted octanol–water partition coefficient (Wildman–Crippen LogP) is 5.15. The van der Waals surface area contributed by atoms with E-state index in [-0.39, 0.29) is 5.91 Å². The highest BCUT2D eigenvalue weighted by Crippen LogP contribution is 2.30. The van der Waals surface area contributed by atoms with Crippen LogP contribution in [0.1, 0.15) is 15.9 Å². The molecule has 1 amide bonds. The van der Waals surface area contributed by atoms with Crippen LogP contribution in [0.5, 0.6) is 0 Å². The lowest BCUT2D eigenvalue weighted by atomic mass is 10.1. The summed E-state index contributed by atoms with van der Waals surface area (Å²) in [6, 6.07) is 12.1. The number of nitrogens with one attached hydrogen (secondary N) is 3. The van der Waals surface area contributed by atoms with Gasteiger partial charge in [-0.25, -0.2) is 0 Å². The minimum absolute atomic E-state index is 0.0692. The van der Waals surface area contributed by atoms with Gasteiger partial charge in [-0.15, -0.1) is 0 Å². The lowest BCUT2D eigenvalue weighted by Crippen LogP contribution is -2.25. The van der Waals surface area contributed by atoms with Gasteiger partial charge in [-0.1, -0.05) is 18.2 Å². The van der Waals surface area contributed by atoms with Gasteiger partial charge in [0.05, 0.1) is 5.56 Å². The van der Waals surface area contributed by atoms with Crippen LogP contribution in [0.15, 0.2) is 57.7 Å². The van der Waals surface area contributed by atoms with Gasteiger partial charge in [0, 0.05) is 49.7 Å². The summed E-state index contributed by atoms with van der Waals surface area (Å²) in [4.78, 5) is 19.0. The summed E-state index contributed by atoms with van der Waals surface area (Å²) in [5.41, 5.74) is 3.91. The number of carbonyl (C=O) groups excluding carboxylic acids is 1. The fraction of sp³-hybridized carbons (Fsp3) is 0.105. The quantitative estimate of drug-likeness (QED) is 0.387. The molecule has 4 aromatic rings. The van der Waals surface area contributed by atoms with Gasteiger partial charge in [0.1, 0.15) is 0 Å². The first-order valence-corrected chi connectivity index (χ1v) is 9.51. The Balaban J connectivity index is 1.48. The van der Waals surface area contributed by atoms with Gasteiger partial charge >= 0.3 is 0 Å². The summed E-state index contributed by atoms with van der Waals surface area (Å²) in [6.07, 6.45) is 4.55. The Bertz CT molecular complexity index is 1080. The van der Waals surface area contributed by atoms with Crippen LogP contribution in [0.2, 0.25) is 0 Å². The first kappa shape index (κ1) is 16.4. The molecule has 0 radical (unpaired) electrons. The van der Waals surface area contributed by atoms with Gasteiger partial charge in [0.2, 0.25) is 0 Å². The summed E-state index contributed by atoms with van der Waals surface area (Å²) in [5, 5.41) is 5.12. The van der Waals surface area contributed by atoms with E-state index in [0.29, 0.717) is 12.1 Å². The molecular formula is C19H15Br2N3O. The molecule has 0 unspecified atom stereocenters. The fourth-order valence-electron chi connectivity index (χ4n) is 3.05. The zero-order chi connectivity index (χ0) is 17.4. The normalized spacial score (nSPS) is 11.3. The Hall–Kier alpha value is -2.05. The second kappa shape index (κ2) is 6.69. The van der Waals surface area contributed by atoms with E-state index in [1.165, 1.54) is 10.9 Å². The molecule has 3 N–H and O–H groups in total. The molecule has 4 rings (SSSR count). The number of halogens is 2. The summed E-state index contributed by atoms with van der Waals surface area (Å²) in [5.74, 6) is -0.0692. The van der Waals surface area contributed by atoms with Gasteiger partial charge in [-0.3, -0.25) is 4.79 Å². The van der Waals surface area contributed by atoms with Crippen LogP contribution in [0.25, 0.3) is 21.8 Å². The first-order chi connectivity index (χ1) is 12.1. The predicted molar refractivity (Wildman–Crippen MR) is 108 cm³/mol. The fourth-order valence-corrected chi connectivity index (χ4v) is 3.74. The van der Waals surface area contributed by atoms with Crippen LogP contribution < -0.4 is 5.32 Å². The molecular weight excluding hydrogens is 446 g/mol. The van der Waals surface area contributed by atoms with Gasteiger partial charge < -0.3 is 15.3 Å². The van der Waals surface area contributed by atoms with Crippen LogP contribution in [-0.4, -0.2) is 22.4 Å². The number of fused-ring (bicyclic) bond motifs is 2. The maximum Gasteiger partial charge on any atom is 0.253 e. The van der Waals surface area contributed by atoms with Crippen LogP contribution >= 0.6 is 31.9 Å². The molecule has 126 valence electrons. The number of amides is 1. The number of H-pyrrole nitrogens is 2. The molecule has 0 aliphatic rings. The molecule has 2 aromatic heterocycles. The van der Waals surface area contributed by atoms with E-state index < -0.39 is 0 Å². The summed E-state index contributed by atoms with van der Waals surface area (Å²) in [6.45, 7) is 0.588. The molecule has 0 spiro atoms. The Morgan fingerprint density at radius 3 is 2.60 bits per heavy atom. The minimum Gasteiger partial charge on any atom is -0.361 e. The maximum atomic E-state index is 12.5. The molecule has 6 heteroatoms. The Morgan fingerprint density at radius 2 is 1.72 bits per heavy atom. The van der Waals surface area contributed by atoms with E-state index in [0.717, 1.165) is 31.8 Å². The summed E-state index contributed by atoms with van der Waals surface area (Å²) >= 11 is 6.97. The number of carbonyl (C=O) groups is 1. The van der Waals surface area contributed by atoms with Crippen molar-refractivity contribution in [1.29, 1.82) is 0 Å². The molecule has 0 aliphatic carbocycles. The number of hydrogen-bond acceptors (Lipinski definition) is 1. The SMILES string of the molecule is O=C(NCCc1c[nH]c2ccccc12)c1c[nH]c2cc(Br)c(Br)cc12. The highest BCUT2D eigenvalue weighted by atomic mass is 79.9. The Morgan fingerprint density at radius 1 is 0.960 bits per heavy atom. The average molecular weight is 461 g/mol. The van der Waals surface area contributed by atoms with Crippen molar-refractivity contribution in [2.75, 3.05) is 6.54 Å². The molecule has 0 atom stereocenters. The van der Waals surface area contributed by atoms with Gasteiger partial charge in [-0.05, 0) is 62.0 Å². The number of rotatable bonds is 4. The van der Waals surface area contributed by atoms with Crippen molar-refractivity contribution in [2.24, 2.45) is 0 Å². The third-order valence-electron chi connectivity index (χ3n) is 4.32. The number of benzene rings is 2. The molecule has 2 aromatic carbocycles. The zero-order valence-electron chi connectivity index (χ0n) is 13.2. The molecule has 0 saturated carbocycles. The number of hydrogen-bond donors (Lipinski definition) is 3. The molecule has 2 heterocycles. The van der Waals surface area contributed by atoms with Crippen molar-refractivity contribution in [3.8, 4) is 0 Å². The second-order valence-electron chi connectivity index (χ2n) is 5.88. The van der Waals surface area contributed by atoms with E-state index in [9.17, 15) is 4.79 Å². The molecule has 4 nitrogen and oxygen atoms in total. The topological polar surface area (TPSA) is 60.7 Å². The average Bonchev–Trinajstić information content (AvgIpc) is 3.20. The van der Waals surface area contributed by atoms with E-state index in [4.69, 9.17) is 0 Å². The minimum atomic E-state index is -0.0692. The highest BCUT2D eigenvalue weighted by molar-refractivity contribution is 9.13. The standard InChI is InChI=1S/C19H15Br2N3O/c20-15-7-13-14(10-24-18(13)8-16(15)21)19(25)22-6-5-11-9-23-17-4-2-1-3-12(11)17/h1-4,7-10,23-24H,5-6H2,(H,22,25). The summed E-state index contributed by atoms with van der Waals surface area (Å²) in [7, 11) is 0. The number of aromatic nitrogens is 2. The van der Waals surface area contributed by atoms with E-state index >= 15 is 0 Å². The van der Waals surface area contributed by atoms with Crippen molar-refractivity contribution in [3.05, 3.63) is 68.9 Å². The van der Waals surface area contributed by atoms with Crippen molar-refractivity contribution < 1.29 is 4.79 Å². The lowest BCUT2D eigenvalue weighted by molar-refractivity contribution is 0.0956. The van der Waals surface area contributed by atoms with Gasteiger partial charge in [-0.2, -0.15) is 0 Å². The van der Waals surface area contributed by atoms with Crippen LogP contribution in [0.3, 0.4) is 0 Å². The number of aromatic amines is 2. The first-order valence-electron chi connectivity index (χ1n) is 7.93. The van der Waals surface area contributed by atoms with Crippen molar-refractivity contribution in [2.45, 2.75) is 6.42 Å². The number of para-hydroxylation sites is 1. The van der Waals surface area contributed by atoms with Crippen molar-refractivity contribution >= 4 is 59.6 Å². The second-order valence-corrected chi connectivity index (χ2v) is 7.59. The molecule has 0 bridgehead atoms. The van der Waals surface area contributed by atoms with E-state index in [1.54, 1.807) is 6.20 Å². The molecule has 25 heavy (non-hydrogen) atoms. The lowest BCUT2D eigenvalue weighted by Gasteiger charge is -2.05. The largest absolute Gasteiger partial charge is 0.361 e. The monoisotopic (exact) mass is 459 g/mol. The van der Waals surface area contributed by atoms with Crippen molar-refractivity contribution in [1.82, 2.24) is 15.3 Å². The van der Waals surface area contributed by atoms with Crippen molar-refractivity contribution in [3.63, 3.8) is 0 Å². The Kier molecular flexibility index (Phi) is 4.39. The van der Waals surface area contributed by atoms with Gasteiger partial charge in [0.15, 0.2) is 0 Å². The van der Waals surface area contributed by atoms with E-state index in [1.807, 2.05) is 30.5 Å². The van der Waals surface area contributed by atoms with Crippen LogP contribution in [-0.2, 0) is 6.42 Å².